The zero-order chi connectivity index (χ0) is 20.5. The number of methoxy groups -OCH3 is 1. The highest BCUT2D eigenvalue weighted by atomic mass is 16.5. The number of ether oxygens (including phenoxy) is 1. The maximum Gasteiger partial charge on any atom is 0.316 e. The van der Waals surface area contributed by atoms with Crippen LogP contribution in [-0.4, -0.2) is 41.4 Å². The molecule has 0 aliphatic carbocycles. The summed E-state index contributed by atoms with van der Waals surface area (Å²) in [5.74, 6) is 0.574. The molecule has 0 aromatic carbocycles. The molecule has 0 spiro atoms. The van der Waals surface area contributed by atoms with Crippen LogP contribution in [-0.2, 0) is 0 Å². The maximum absolute atomic E-state index is 5.62. The van der Waals surface area contributed by atoms with Crippen molar-refractivity contribution in [2.24, 2.45) is 0 Å². The Labute approximate surface area is 170 Å². The molecule has 0 aliphatic rings. The van der Waals surface area contributed by atoms with Gasteiger partial charge in [0.2, 0.25) is 5.78 Å². The van der Waals surface area contributed by atoms with E-state index in [4.69, 9.17) is 9.15 Å². The highest BCUT2D eigenvalue weighted by Gasteiger charge is 2.19. The Morgan fingerprint density at radius 2 is 1.90 bits per heavy atom. The van der Waals surface area contributed by atoms with Crippen LogP contribution in [0.1, 0.15) is 5.69 Å². The van der Waals surface area contributed by atoms with Gasteiger partial charge in [-0.3, -0.25) is 9.38 Å². The SMILES string of the molecule is COc1ncc(Nc2nc(-c3c(C)nc4nccc(-c5cccnc5)n34)co2)cn1. The first-order valence-electron chi connectivity index (χ1n) is 9.06. The number of oxazole rings is 1. The Balaban J connectivity index is 1.56. The van der Waals surface area contributed by atoms with Crippen molar-refractivity contribution in [2.45, 2.75) is 6.92 Å². The summed E-state index contributed by atoms with van der Waals surface area (Å²) < 4.78 is 12.5. The fraction of sp³-hybridized carbons (Fsp3) is 0.100. The molecule has 0 radical (unpaired) electrons. The fourth-order valence-electron chi connectivity index (χ4n) is 3.17. The average molecular weight is 400 g/mol. The van der Waals surface area contributed by atoms with Crippen molar-refractivity contribution in [2.75, 3.05) is 12.4 Å². The molecule has 0 aliphatic heterocycles. The number of pyridine rings is 1. The molecular weight excluding hydrogens is 384 g/mol. The number of nitrogens with zero attached hydrogens (tertiary/aromatic N) is 7. The van der Waals surface area contributed by atoms with Crippen molar-refractivity contribution in [1.82, 2.24) is 34.3 Å². The van der Waals surface area contributed by atoms with Crippen molar-refractivity contribution in [3.8, 4) is 28.7 Å². The maximum atomic E-state index is 5.62. The minimum Gasteiger partial charge on any atom is -0.467 e. The van der Waals surface area contributed by atoms with Gasteiger partial charge in [-0.1, -0.05) is 0 Å². The van der Waals surface area contributed by atoms with Crippen LogP contribution in [0.2, 0.25) is 0 Å². The molecule has 0 atom stereocenters. The summed E-state index contributed by atoms with van der Waals surface area (Å²) in [5.41, 5.74) is 4.67. The summed E-state index contributed by atoms with van der Waals surface area (Å²) in [4.78, 5) is 25.9. The van der Waals surface area contributed by atoms with Gasteiger partial charge in [-0.25, -0.2) is 19.9 Å². The van der Waals surface area contributed by atoms with Crippen LogP contribution in [0, 0.1) is 6.92 Å². The molecule has 5 aromatic heterocycles. The van der Waals surface area contributed by atoms with Crippen molar-refractivity contribution >= 4 is 17.5 Å². The van der Waals surface area contributed by atoms with Gasteiger partial charge < -0.3 is 14.5 Å². The topological polar surface area (TPSA) is 116 Å². The van der Waals surface area contributed by atoms with E-state index in [1.807, 2.05) is 29.5 Å². The molecule has 5 heterocycles. The van der Waals surface area contributed by atoms with Crippen LogP contribution in [0.25, 0.3) is 28.4 Å². The second-order valence-corrected chi connectivity index (χ2v) is 6.37. The molecule has 1 N–H and O–H groups in total. The number of anilines is 2. The molecule has 5 aromatic rings. The van der Waals surface area contributed by atoms with E-state index in [0.29, 0.717) is 23.2 Å². The van der Waals surface area contributed by atoms with E-state index in [2.05, 4.69) is 35.2 Å². The van der Waals surface area contributed by atoms with Gasteiger partial charge in [0.25, 0.3) is 6.01 Å². The van der Waals surface area contributed by atoms with E-state index in [0.717, 1.165) is 22.6 Å². The molecular formula is C20H16N8O2. The van der Waals surface area contributed by atoms with Crippen LogP contribution < -0.4 is 10.1 Å². The number of hydrogen-bond donors (Lipinski definition) is 1. The molecule has 0 bridgehead atoms. The number of imidazole rings is 1. The second-order valence-electron chi connectivity index (χ2n) is 6.37. The Hall–Kier alpha value is -4.34. The van der Waals surface area contributed by atoms with Gasteiger partial charge >= 0.3 is 6.01 Å². The van der Waals surface area contributed by atoms with Gasteiger partial charge in [0, 0.05) is 24.2 Å². The first-order chi connectivity index (χ1) is 14.7. The summed E-state index contributed by atoms with van der Waals surface area (Å²) >= 11 is 0. The van der Waals surface area contributed by atoms with Crippen LogP contribution in [0.4, 0.5) is 11.7 Å². The van der Waals surface area contributed by atoms with E-state index in [9.17, 15) is 0 Å². The van der Waals surface area contributed by atoms with Crippen molar-refractivity contribution in [3.63, 3.8) is 0 Å². The lowest BCUT2D eigenvalue weighted by atomic mass is 10.2. The van der Waals surface area contributed by atoms with Crippen molar-refractivity contribution < 1.29 is 9.15 Å². The lowest BCUT2D eigenvalue weighted by Crippen LogP contribution is -1.98. The molecule has 0 fully saturated rings. The van der Waals surface area contributed by atoms with Crippen LogP contribution in [0.5, 0.6) is 6.01 Å². The number of fused-ring (bicyclic) bond motifs is 1. The Kier molecular flexibility index (Phi) is 4.28. The number of rotatable bonds is 5. The quantitative estimate of drug-likeness (QED) is 0.474. The third kappa shape index (κ3) is 3.09. The molecule has 0 saturated carbocycles. The number of hydrogen-bond acceptors (Lipinski definition) is 9. The third-order valence-corrected chi connectivity index (χ3v) is 4.46. The second kappa shape index (κ2) is 7.24. The highest BCUT2D eigenvalue weighted by Crippen LogP contribution is 2.30. The molecule has 0 amide bonds. The van der Waals surface area contributed by atoms with E-state index < -0.39 is 0 Å². The first-order valence-corrected chi connectivity index (χ1v) is 9.06. The minimum absolute atomic E-state index is 0.283. The number of aromatic nitrogens is 7. The van der Waals surface area contributed by atoms with Gasteiger partial charge in [0.05, 0.1) is 42.3 Å². The van der Waals surface area contributed by atoms with Crippen molar-refractivity contribution in [3.05, 3.63) is 61.1 Å². The summed E-state index contributed by atoms with van der Waals surface area (Å²) in [6.07, 6.45) is 10.0. The normalized spacial score (nSPS) is 11.0. The largest absolute Gasteiger partial charge is 0.467 e. The summed E-state index contributed by atoms with van der Waals surface area (Å²) in [6.45, 7) is 1.91. The van der Waals surface area contributed by atoms with Gasteiger partial charge in [-0.15, -0.1) is 0 Å². The zero-order valence-corrected chi connectivity index (χ0v) is 16.1. The van der Waals surface area contributed by atoms with Gasteiger partial charge in [0.15, 0.2) is 0 Å². The monoisotopic (exact) mass is 400 g/mol. The minimum atomic E-state index is 0.283. The predicted octanol–water partition coefficient (Wildman–Crippen LogP) is 3.30. The Bertz CT molecular complexity index is 1310. The van der Waals surface area contributed by atoms with Crippen LogP contribution in [0.15, 0.2) is 59.9 Å². The standard InChI is InChI=1S/C20H16N8O2/c1-12-17(15-11-30-20(27-15)26-14-9-23-19(29-2)24-10-14)28-16(5-7-22-18(28)25-12)13-4-3-6-21-8-13/h3-11H,1-2H3,(H,26,27). The van der Waals surface area contributed by atoms with E-state index in [-0.39, 0.29) is 6.01 Å². The average Bonchev–Trinajstić information content (AvgIpc) is 3.37. The lowest BCUT2D eigenvalue weighted by Gasteiger charge is -2.07. The molecule has 0 saturated heterocycles. The van der Waals surface area contributed by atoms with Crippen molar-refractivity contribution in [1.29, 1.82) is 0 Å². The highest BCUT2D eigenvalue weighted by molar-refractivity contribution is 5.70. The van der Waals surface area contributed by atoms with Crippen LogP contribution in [0.3, 0.4) is 0 Å². The van der Waals surface area contributed by atoms with Gasteiger partial charge in [-0.2, -0.15) is 4.98 Å². The molecule has 30 heavy (non-hydrogen) atoms. The van der Waals surface area contributed by atoms with E-state index >= 15 is 0 Å². The Morgan fingerprint density at radius 3 is 2.67 bits per heavy atom. The number of aryl methyl sites for hydroxylation is 1. The fourth-order valence-corrected chi connectivity index (χ4v) is 3.17. The van der Waals surface area contributed by atoms with Crippen LogP contribution >= 0.6 is 0 Å². The summed E-state index contributed by atoms with van der Waals surface area (Å²) in [5, 5.41) is 3.04. The van der Waals surface area contributed by atoms with Gasteiger partial charge in [-0.05, 0) is 25.1 Å². The summed E-state index contributed by atoms with van der Waals surface area (Å²) in [7, 11) is 1.51. The third-order valence-electron chi connectivity index (χ3n) is 4.46. The summed E-state index contributed by atoms with van der Waals surface area (Å²) in [6, 6.07) is 6.38. The number of nitrogens with one attached hydrogen (secondary N) is 1. The predicted molar refractivity (Wildman–Crippen MR) is 108 cm³/mol. The molecule has 10 nitrogen and oxygen atoms in total. The first kappa shape index (κ1) is 17.7. The molecule has 0 unspecified atom stereocenters. The molecule has 148 valence electrons. The smallest absolute Gasteiger partial charge is 0.316 e. The van der Waals surface area contributed by atoms with Gasteiger partial charge in [0.1, 0.15) is 12.0 Å². The lowest BCUT2D eigenvalue weighted by molar-refractivity contribution is 0.380. The van der Waals surface area contributed by atoms with E-state index in [1.54, 1.807) is 37.2 Å². The zero-order valence-electron chi connectivity index (χ0n) is 16.1. The molecule has 5 rings (SSSR count). The Morgan fingerprint density at radius 1 is 1.03 bits per heavy atom. The van der Waals surface area contributed by atoms with E-state index in [1.165, 1.54) is 7.11 Å². The molecule has 10 heteroatoms.